The minimum absolute atomic E-state index is 0. The van der Waals surface area contributed by atoms with E-state index >= 15 is 0 Å². The Morgan fingerprint density at radius 3 is 2.46 bits per heavy atom. The number of amides is 1. The summed E-state index contributed by atoms with van der Waals surface area (Å²) in [5, 5.41) is 5.30. The van der Waals surface area contributed by atoms with Gasteiger partial charge in [-0.2, -0.15) is 0 Å². The Bertz CT molecular complexity index is 1210. The Balaban J connectivity index is 0.00000289. The van der Waals surface area contributed by atoms with Crippen molar-refractivity contribution in [1.82, 2.24) is 5.32 Å². The van der Waals surface area contributed by atoms with Crippen molar-refractivity contribution >= 4 is 22.8 Å². The third-order valence-electron chi connectivity index (χ3n) is 7.17. The van der Waals surface area contributed by atoms with Crippen LogP contribution in [0.2, 0.25) is 0 Å². The second kappa shape index (κ2) is 10.8. The lowest BCUT2D eigenvalue weighted by Crippen LogP contribution is -3.00. The van der Waals surface area contributed by atoms with Gasteiger partial charge in [-0.3, -0.25) is 4.79 Å². The fraction of sp³-hybridized carbons (Fsp3) is 0.345. The predicted octanol–water partition coefficient (Wildman–Crippen LogP) is 1.69. The van der Waals surface area contributed by atoms with Gasteiger partial charge in [-0.25, -0.2) is 0 Å². The zero-order valence-corrected chi connectivity index (χ0v) is 21.2. The van der Waals surface area contributed by atoms with Gasteiger partial charge in [0.15, 0.2) is 0 Å². The third kappa shape index (κ3) is 5.69. The van der Waals surface area contributed by atoms with Crippen molar-refractivity contribution in [1.29, 1.82) is 0 Å². The highest BCUT2D eigenvalue weighted by atomic mass is 35.5. The number of carbonyl (C=O) groups excluding carboxylic acids is 1. The van der Waals surface area contributed by atoms with Crippen LogP contribution in [0.5, 0.6) is 5.75 Å². The van der Waals surface area contributed by atoms with Crippen LogP contribution in [0.4, 0.5) is 0 Å². The molecule has 35 heavy (non-hydrogen) atoms. The lowest BCUT2D eigenvalue weighted by molar-refractivity contribution is -0.929. The minimum Gasteiger partial charge on any atom is -1.00 e. The number of nitrogens with zero attached hydrogens (tertiary/aromatic N) is 1. The van der Waals surface area contributed by atoms with E-state index in [2.05, 4.69) is 61.9 Å². The maximum atomic E-state index is 12.9. The number of carbonyl (C=O) groups is 1. The summed E-state index contributed by atoms with van der Waals surface area (Å²) in [5.74, 6) is 0.743. The average molecular weight is 493 g/mol. The summed E-state index contributed by atoms with van der Waals surface area (Å²) in [6.45, 7) is 3.52. The first-order valence-corrected chi connectivity index (χ1v) is 12.1. The first kappa shape index (κ1) is 25.2. The second-order valence-corrected chi connectivity index (χ2v) is 9.94. The van der Waals surface area contributed by atoms with Crippen molar-refractivity contribution in [3.05, 3.63) is 82.9 Å². The molecule has 2 aliphatic rings. The Hall–Kier alpha value is -2.86. The van der Waals surface area contributed by atoms with Crippen molar-refractivity contribution in [3.63, 3.8) is 0 Å². The summed E-state index contributed by atoms with van der Waals surface area (Å²) in [7, 11) is 4.62. The Labute approximate surface area is 213 Å². The van der Waals surface area contributed by atoms with Crippen molar-refractivity contribution in [2.24, 2.45) is 0 Å². The number of ether oxygens (including phenoxy) is 2. The van der Waals surface area contributed by atoms with E-state index in [0.29, 0.717) is 18.2 Å². The first-order valence-electron chi connectivity index (χ1n) is 12.1. The fourth-order valence-corrected chi connectivity index (χ4v) is 5.10. The molecule has 0 unspecified atom stereocenters. The monoisotopic (exact) mass is 492 g/mol. The maximum Gasteiger partial charge on any atom is 0.250 e. The molecule has 3 aromatic carbocycles. The van der Waals surface area contributed by atoms with Crippen LogP contribution in [0.3, 0.4) is 0 Å². The molecular formula is C29H33ClN2O3. The number of quaternary nitrogens is 1. The summed E-state index contributed by atoms with van der Waals surface area (Å²) < 4.78 is 12.4. The van der Waals surface area contributed by atoms with Gasteiger partial charge in [0.25, 0.3) is 5.91 Å². The first-order chi connectivity index (χ1) is 16.5. The standard InChI is InChI=1S/C29H32N2O3.ClH/c1-31(2,25-13-15-33-16-14-25)19-22-9-7-21(8-10-22)18-30-29(32)24-17-27-26-6-4-3-5-23(26)11-12-28(27)34-20-24;/h3-12,17,25H,13-16,18-20H2,1-2H3;1H. The van der Waals surface area contributed by atoms with Crippen LogP contribution in [-0.2, 0) is 22.6 Å². The third-order valence-corrected chi connectivity index (χ3v) is 7.17. The zero-order valence-electron chi connectivity index (χ0n) is 20.4. The van der Waals surface area contributed by atoms with Crippen LogP contribution >= 0.6 is 0 Å². The molecule has 0 aliphatic carbocycles. The summed E-state index contributed by atoms with van der Waals surface area (Å²) in [6, 6.07) is 21.5. The van der Waals surface area contributed by atoms with E-state index in [9.17, 15) is 4.79 Å². The smallest absolute Gasteiger partial charge is 0.250 e. The summed E-state index contributed by atoms with van der Waals surface area (Å²) in [6.07, 6.45) is 4.21. The summed E-state index contributed by atoms with van der Waals surface area (Å²) in [4.78, 5) is 12.9. The average Bonchev–Trinajstić information content (AvgIpc) is 2.88. The molecule has 0 spiro atoms. The SMILES string of the molecule is C[N+](C)(Cc1ccc(CNC(=O)C2=Cc3c(ccc4ccccc34)OC2)cc1)C1CCOCC1.[Cl-]. The van der Waals surface area contributed by atoms with Gasteiger partial charge < -0.3 is 31.7 Å². The van der Waals surface area contributed by atoms with Crippen LogP contribution in [0.25, 0.3) is 16.8 Å². The molecule has 1 saturated heterocycles. The van der Waals surface area contributed by atoms with Crippen molar-refractivity contribution < 1.29 is 31.2 Å². The van der Waals surface area contributed by atoms with Crippen LogP contribution in [0, 0.1) is 0 Å². The molecule has 0 aromatic heterocycles. The molecule has 2 aliphatic heterocycles. The molecule has 0 atom stereocenters. The topological polar surface area (TPSA) is 47.6 Å². The largest absolute Gasteiger partial charge is 1.00 e. The van der Waals surface area contributed by atoms with E-state index in [0.717, 1.165) is 64.7 Å². The molecule has 2 heterocycles. The molecule has 0 saturated carbocycles. The maximum absolute atomic E-state index is 12.9. The van der Waals surface area contributed by atoms with Crippen molar-refractivity contribution in [3.8, 4) is 5.75 Å². The van der Waals surface area contributed by atoms with Crippen LogP contribution in [0.1, 0.15) is 29.5 Å². The van der Waals surface area contributed by atoms with Gasteiger partial charge in [-0.15, -0.1) is 0 Å². The number of halogens is 1. The second-order valence-electron chi connectivity index (χ2n) is 9.94. The van der Waals surface area contributed by atoms with Gasteiger partial charge in [-0.1, -0.05) is 54.6 Å². The predicted molar refractivity (Wildman–Crippen MR) is 135 cm³/mol. The number of nitrogens with one attached hydrogen (secondary N) is 1. The molecule has 184 valence electrons. The molecule has 1 fully saturated rings. The van der Waals surface area contributed by atoms with E-state index in [4.69, 9.17) is 9.47 Å². The summed E-state index contributed by atoms with van der Waals surface area (Å²) >= 11 is 0. The van der Waals surface area contributed by atoms with E-state index in [-0.39, 0.29) is 24.9 Å². The van der Waals surface area contributed by atoms with Gasteiger partial charge in [-0.05, 0) is 28.5 Å². The number of fused-ring (bicyclic) bond motifs is 3. The highest BCUT2D eigenvalue weighted by Crippen LogP contribution is 2.33. The van der Waals surface area contributed by atoms with Gasteiger partial charge >= 0.3 is 0 Å². The van der Waals surface area contributed by atoms with Gasteiger partial charge in [0, 0.05) is 30.5 Å². The Kier molecular flexibility index (Phi) is 7.80. The number of hydrogen-bond donors (Lipinski definition) is 1. The van der Waals surface area contributed by atoms with Gasteiger partial charge in [0.1, 0.15) is 18.9 Å². The lowest BCUT2D eigenvalue weighted by Gasteiger charge is -2.40. The number of hydrogen-bond acceptors (Lipinski definition) is 3. The van der Waals surface area contributed by atoms with Crippen molar-refractivity contribution in [2.45, 2.75) is 32.0 Å². The Morgan fingerprint density at radius 1 is 0.971 bits per heavy atom. The zero-order chi connectivity index (χ0) is 23.5. The minimum atomic E-state index is -0.0834. The Morgan fingerprint density at radius 2 is 1.69 bits per heavy atom. The molecular weight excluding hydrogens is 460 g/mol. The van der Waals surface area contributed by atoms with E-state index in [1.165, 1.54) is 5.56 Å². The molecule has 0 bridgehead atoms. The fourth-order valence-electron chi connectivity index (χ4n) is 5.10. The highest BCUT2D eigenvalue weighted by Gasteiger charge is 2.30. The molecule has 6 heteroatoms. The molecule has 1 amide bonds. The van der Waals surface area contributed by atoms with Crippen LogP contribution in [-0.4, -0.2) is 50.3 Å². The number of benzene rings is 3. The molecule has 0 radical (unpaired) electrons. The quantitative estimate of drug-likeness (QED) is 0.533. The van der Waals surface area contributed by atoms with E-state index in [1.54, 1.807) is 0 Å². The van der Waals surface area contributed by atoms with Gasteiger partial charge in [0.05, 0.1) is 38.9 Å². The van der Waals surface area contributed by atoms with Crippen LogP contribution in [0.15, 0.2) is 66.2 Å². The number of rotatable bonds is 6. The van der Waals surface area contributed by atoms with E-state index < -0.39 is 0 Å². The van der Waals surface area contributed by atoms with Gasteiger partial charge in [0.2, 0.25) is 0 Å². The normalized spacial score (nSPS) is 16.0. The highest BCUT2D eigenvalue weighted by molar-refractivity contribution is 6.03. The lowest BCUT2D eigenvalue weighted by atomic mass is 9.99. The van der Waals surface area contributed by atoms with Crippen molar-refractivity contribution in [2.75, 3.05) is 33.9 Å². The van der Waals surface area contributed by atoms with Crippen LogP contribution < -0.4 is 22.5 Å². The molecule has 5 nitrogen and oxygen atoms in total. The summed E-state index contributed by atoms with van der Waals surface area (Å²) in [5.41, 5.74) is 4.04. The molecule has 3 aromatic rings. The van der Waals surface area contributed by atoms with E-state index in [1.807, 2.05) is 24.3 Å². The molecule has 5 rings (SSSR count). The molecule has 1 N–H and O–H groups in total.